The molecule has 58 valence electrons. The number of nitrogens with zero attached hydrogens (tertiary/aromatic N) is 1. The molecule has 0 amide bonds. The van der Waals surface area contributed by atoms with Crippen molar-refractivity contribution in [3.63, 3.8) is 0 Å². The zero-order valence-corrected chi connectivity index (χ0v) is 6.97. The number of oxime groups is 1. The summed E-state index contributed by atoms with van der Waals surface area (Å²) >= 11 is 5.17. The maximum absolute atomic E-state index is 10.5. The van der Waals surface area contributed by atoms with Crippen molar-refractivity contribution < 1.29 is 9.63 Å². The molecule has 0 fully saturated rings. The summed E-state index contributed by atoms with van der Waals surface area (Å²) in [6, 6.07) is 0. The lowest BCUT2D eigenvalue weighted by atomic mass is 10.1. The van der Waals surface area contributed by atoms with Gasteiger partial charge in [0.05, 0.1) is 0 Å². The van der Waals surface area contributed by atoms with E-state index in [9.17, 15) is 4.79 Å². The molecule has 0 aromatic rings. The average Bonchev–Trinajstić information content (AvgIpc) is 1.81. The Morgan fingerprint density at radius 2 is 2.10 bits per heavy atom. The first-order valence-electron chi connectivity index (χ1n) is 2.90. The predicted octanol–water partition coefficient (Wildman–Crippen LogP) is 1.41. The highest BCUT2D eigenvalue weighted by molar-refractivity contribution is 6.82. The second-order valence-electron chi connectivity index (χ2n) is 2.09. The molecule has 0 unspecified atom stereocenters. The first-order valence-corrected chi connectivity index (χ1v) is 3.28. The molecule has 0 aromatic carbocycles. The van der Waals surface area contributed by atoms with Crippen molar-refractivity contribution in [2.75, 3.05) is 7.11 Å². The molecule has 0 atom stereocenters. The van der Waals surface area contributed by atoms with Gasteiger partial charge in [0.1, 0.15) is 12.8 Å². The summed E-state index contributed by atoms with van der Waals surface area (Å²) in [5.41, 5.74) is 0.254. The fourth-order valence-electron chi connectivity index (χ4n) is 0.467. The highest BCUT2D eigenvalue weighted by Crippen LogP contribution is 2.01. The summed E-state index contributed by atoms with van der Waals surface area (Å²) in [6.07, 6.45) is 0. The van der Waals surface area contributed by atoms with E-state index in [1.165, 1.54) is 7.11 Å². The SMILES string of the molecule is CO/N=C(\C(=O)Cl)C(C)C. The molecule has 0 bridgehead atoms. The van der Waals surface area contributed by atoms with Crippen LogP contribution in [0.5, 0.6) is 0 Å². The summed E-state index contributed by atoms with van der Waals surface area (Å²) in [5.74, 6) is 0.00458. The van der Waals surface area contributed by atoms with E-state index in [2.05, 4.69) is 9.99 Å². The first kappa shape index (κ1) is 9.43. The lowest BCUT2D eigenvalue weighted by Crippen LogP contribution is -2.15. The third-order valence-electron chi connectivity index (χ3n) is 0.938. The molecule has 0 aliphatic heterocycles. The van der Waals surface area contributed by atoms with E-state index in [4.69, 9.17) is 11.6 Å². The largest absolute Gasteiger partial charge is 0.399 e. The van der Waals surface area contributed by atoms with E-state index in [-0.39, 0.29) is 11.6 Å². The van der Waals surface area contributed by atoms with E-state index in [1.54, 1.807) is 0 Å². The summed E-state index contributed by atoms with van der Waals surface area (Å²) < 4.78 is 0. The van der Waals surface area contributed by atoms with Crippen LogP contribution < -0.4 is 0 Å². The topological polar surface area (TPSA) is 38.7 Å². The number of carbonyl (C=O) groups is 1. The zero-order chi connectivity index (χ0) is 8.15. The molecule has 0 aliphatic rings. The van der Waals surface area contributed by atoms with E-state index in [1.807, 2.05) is 13.8 Å². The smallest absolute Gasteiger partial charge is 0.270 e. The standard InChI is InChI=1S/C6H10ClNO2/c1-4(2)5(6(7)9)8-10-3/h4H,1-3H3/b8-5-. The van der Waals surface area contributed by atoms with Crippen molar-refractivity contribution in [1.82, 2.24) is 0 Å². The van der Waals surface area contributed by atoms with Gasteiger partial charge in [0.25, 0.3) is 5.24 Å². The van der Waals surface area contributed by atoms with E-state index < -0.39 is 5.24 Å². The highest BCUT2D eigenvalue weighted by Gasteiger charge is 2.12. The van der Waals surface area contributed by atoms with Crippen LogP contribution in [-0.4, -0.2) is 18.1 Å². The van der Waals surface area contributed by atoms with E-state index in [0.29, 0.717) is 0 Å². The highest BCUT2D eigenvalue weighted by atomic mass is 35.5. The third-order valence-corrected chi connectivity index (χ3v) is 1.13. The lowest BCUT2D eigenvalue weighted by Gasteiger charge is -2.01. The van der Waals surface area contributed by atoms with Gasteiger partial charge in [-0.15, -0.1) is 0 Å². The number of hydrogen-bond acceptors (Lipinski definition) is 3. The molecule has 0 saturated heterocycles. The monoisotopic (exact) mass is 163 g/mol. The lowest BCUT2D eigenvalue weighted by molar-refractivity contribution is -0.106. The van der Waals surface area contributed by atoms with Gasteiger partial charge in [0.15, 0.2) is 0 Å². The molecule has 0 aromatic heterocycles. The Kier molecular flexibility index (Phi) is 4.03. The van der Waals surface area contributed by atoms with Crippen molar-refractivity contribution in [2.24, 2.45) is 11.1 Å². The molecule has 0 aliphatic carbocycles. The van der Waals surface area contributed by atoms with Crippen LogP contribution in [0, 0.1) is 5.92 Å². The molecule has 0 heterocycles. The molecule has 0 N–H and O–H groups in total. The molecular weight excluding hydrogens is 154 g/mol. The summed E-state index contributed by atoms with van der Waals surface area (Å²) in [5, 5.41) is 2.90. The summed E-state index contributed by atoms with van der Waals surface area (Å²) in [6.45, 7) is 3.64. The summed E-state index contributed by atoms with van der Waals surface area (Å²) in [4.78, 5) is 14.9. The van der Waals surface area contributed by atoms with Gasteiger partial charge in [0, 0.05) is 5.92 Å². The van der Waals surface area contributed by atoms with E-state index in [0.717, 1.165) is 0 Å². The van der Waals surface area contributed by atoms with Crippen molar-refractivity contribution in [3.8, 4) is 0 Å². The Morgan fingerprint density at radius 3 is 2.20 bits per heavy atom. The molecular formula is C6H10ClNO2. The van der Waals surface area contributed by atoms with E-state index >= 15 is 0 Å². The maximum atomic E-state index is 10.5. The minimum absolute atomic E-state index is 0.00458. The quantitative estimate of drug-likeness (QED) is 0.359. The first-order chi connectivity index (χ1) is 4.59. The predicted molar refractivity (Wildman–Crippen MR) is 40.1 cm³/mol. The number of carbonyl (C=O) groups excluding carboxylic acids is 1. The number of hydrogen-bond donors (Lipinski definition) is 0. The second-order valence-corrected chi connectivity index (χ2v) is 2.43. The molecule has 3 nitrogen and oxygen atoms in total. The Hall–Kier alpha value is -0.570. The molecule has 0 saturated carbocycles. The van der Waals surface area contributed by atoms with Crippen LogP contribution >= 0.6 is 11.6 Å². The normalized spacial score (nSPS) is 11.9. The molecule has 10 heavy (non-hydrogen) atoms. The van der Waals surface area contributed by atoms with Gasteiger partial charge in [-0.2, -0.15) is 0 Å². The fraction of sp³-hybridized carbons (Fsp3) is 0.667. The third kappa shape index (κ3) is 2.82. The fourth-order valence-corrected chi connectivity index (χ4v) is 0.719. The number of rotatable bonds is 3. The Labute approximate surface area is 65.0 Å². The van der Waals surface area contributed by atoms with Crippen LogP contribution in [0.15, 0.2) is 5.16 Å². The van der Waals surface area contributed by atoms with Gasteiger partial charge in [-0.3, -0.25) is 4.79 Å². The van der Waals surface area contributed by atoms with Gasteiger partial charge < -0.3 is 4.84 Å². The van der Waals surface area contributed by atoms with Crippen LogP contribution in [0.3, 0.4) is 0 Å². The van der Waals surface area contributed by atoms with Gasteiger partial charge in [0.2, 0.25) is 0 Å². The maximum Gasteiger partial charge on any atom is 0.270 e. The molecule has 0 radical (unpaired) electrons. The van der Waals surface area contributed by atoms with Gasteiger partial charge in [-0.1, -0.05) is 19.0 Å². The minimum Gasteiger partial charge on any atom is -0.399 e. The van der Waals surface area contributed by atoms with Crippen LogP contribution in [-0.2, 0) is 9.63 Å². The Balaban J connectivity index is 4.27. The number of halogens is 1. The van der Waals surface area contributed by atoms with Crippen LogP contribution in [0.1, 0.15) is 13.8 Å². The molecule has 0 spiro atoms. The van der Waals surface area contributed by atoms with Gasteiger partial charge in [-0.25, -0.2) is 0 Å². The van der Waals surface area contributed by atoms with Crippen LogP contribution in [0.25, 0.3) is 0 Å². The van der Waals surface area contributed by atoms with Crippen molar-refractivity contribution in [1.29, 1.82) is 0 Å². The van der Waals surface area contributed by atoms with Crippen molar-refractivity contribution >= 4 is 22.6 Å². The van der Waals surface area contributed by atoms with Crippen molar-refractivity contribution in [3.05, 3.63) is 0 Å². The average molecular weight is 164 g/mol. The zero-order valence-electron chi connectivity index (χ0n) is 6.22. The molecule has 0 rings (SSSR count). The minimum atomic E-state index is -0.558. The Bertz CT molecular complexity index is 154. The Morgan fingerprint density at radius 1 is 1.60 bits per heavy atom. The van der Waals surface area contributed by atoms with Crippen molar-refractivity contribution in [2.45, 2.75) is 13.8 Å². The second kappa shape index (κ2) is 4.28. The van der Waals surface area contributed by atoms with Crippen LogP contribution in [0.4, 0.5) is 0 Å². The van der Waals surface area contributed by atoms with Gasteiger partial charge in [-0.05, 0) is 11.6 Å². The van der Waals surface area contributed by atoms with Crippen LogP contribution in [0.2, 0.25) is 0 Å². The summed E-state index contributed by atoms with van der Waals surface area (Å²) in [7, 11) is 1.38. The van der Waals surface area contributed by atoms with Gasteiger partial charge >= 0.3 is 0 Å². The molecule has 4 heteroatoms.